The minimum atomic E-state index is 0.0774. The number of pyridine rings is 1. The molecule has 0 aromatic carbocycles. The molecule has 2 aromatic heterocycles. The summed E-state index contributed by atoms with van der Waals surface area (Å²) < 4.78 is 1.83. The van der Waals surface area contributed by atoms with Crippen LogP contribution >= 0.6 is 11.3 Å². The fourth-order valence-corrected chi connectivity index (χ4v) is 3.07. The molecule has 0 bridgehead atoms. The van der Waals surface area contributed by atoms with Crippen LogP contribution in [0.15, 0.2) is 44.8 Å². The number of nitrogens with one attached hydrogen (secondary N) is 2. The Labute approximate surface area is 147 Å². The third-order valence-electron chi connectivity index (χ3n) is 3.71. The molecule has 2 heterocycles. The van der Waals surface area contributed by atoms with E-state index in [1.165, 1.54) is 5.56 Å². The Morgan fingerprint density at radius 3 is 2.83 bits per heavy atom. The van der Waals surface area contributed by atoms with Gasteiger partial charge < -0.3 is 15.2 Å². The van der Waals surface area contributed by atoms with E-state index in [-0.39, 0.29) is 5.56 Å². The van der Waals surface area contributed by atoms with Crippen molar-refractivity contribution in [1.82, 2.24) is 15.2 Å². The van der Waals surface area contributed by atoms with Crippen LogP contribution in [0.25, 0.3) is 0 Å². The third-order valence-corrected chi connectivity index (χ3v) is 4.45. The minimum Gasteiger partial charge on any atom is -0.357 e. The smallest absolute Gasteiger partial charge is 0.250 e. The lowest BCUT2D eigenvalue weighted by molar-refractivity contribution is 0.575. The Morgan fingerprint density at radius 2 is 2.12 bits per heavy atom. The van der Waals surface area contributed by atoms with Crippen LogP contribution < -0.4 is 16.2 Å². The molecular formula is C18H26N4OS. The summed E-state index contributed by atoms with van der Waals surface area (Å²) in [7, 11) is 0. The van der Waals surface area contributed by atoms with Gasteiger partial charge in [0, 0.05) is 31.4 Å². The van der Waals surface area contributed by atoms with Crippen molar-refractivity contribution in [3.05, 3.63) is 56.6 Å². The van der Waals surface area contributed by atoms with Crippen LogP contribution in [-0.4, -0.2) is 23.6 Å². The lowest BCUT2D eigenvalue weighted by atomic mass is 10.3. The topological polar surface area (TPSA) is 58.4 Å². The molecular weight excluding hydrogens is 320 g/mol. The van der Waals surface area contributed by atoms with Crippen molar-refractivity contribution in [3.63, 3.8) is 0 Å². The number of hydrogen-bond acceptors (Lipinski definition) is 3. The van der Waals surface area contributed by atoms with Gasteiger partial charge in [-0.05, 0) is 55.1 Å². The number of rotatable bonds is 8. The molecule has 0 saturated carbocycles. The Balaban J connectivity index is 1.74. The number of thiophene rings is 1. The standard InChI is InChI=1S/C18H26N4OS/c1-3-19-18(21-13-16-9-12-24-14-16)20-10-4-5-11-22-15(2)7-6-8-17(22)23/h6-9,12,14H,3-5,10-11,13H2,1-2H3,(H2,19,20,21). The van der Waals surface area contributed by atoms with Gasteiger partial charge in [0.1, 0.15) is 0 Å². The number of aromatic nitrogens is 1. The first-order valence-corrected chi connectivity index (χ1v) is 9.34. The Hall–Kier alpha value is -2.08. The summed E-state index contributed by atoms with van der Waals surface area (Å²) in [5.74, 6) is 0.844. The molecule has 2 rings (SSSR count). The lowest BCUT2D eigenvalue weighted by Gasteiger charge is -2.12. The first-order chi connectivity index (χ1) is 11.7. The van der Waals surface area contributed by atoms with Gasteiger partial charge in [0.25, 0.3) is 5.56 Å². The van der Waals surface area contributed by atoms with E-state index in [9.17, 15) is 4.79 Å². The molecule has 130 valence electrons. The highest BCUT2D eigenvalue weighted by molar-refractivity contribution is 7.07. The van der Waals surface area contributed by atoms with E-state index >= 15 is 0 Å². The number of nitrogens with zero attached hydrogens (tertiary/aromatic N) is 2. The largest absolute Gasteiger partial charge is 0.357 e. The highest BCUT2D eigenvalue weighted by Gasteiger charge is 2.00. The molecule has 0 aliphatic carbocycles. The van der Waals surface area contributed by atoms with Crippen LogP contribution in [0.4, 0.5) is 0 Å². The quantitative estimate of drug-likeness (QED) is 0.439. The number of hydrogen-bond donors (Lipinski definition) is 2. The van der Waals surface area contributed by atoms with Gasteiger partial charge in [-0.2, -0.15) is 11.3 Å². The van der Waals surface area contributed by atoms with Gasteiger partial charge in [-0.25, -0.2) is 4.99 Å². The van der Waals surface area contributed by atoms with E-state index in [0.29, 0.717) is 6.54 Å². The summed E-state index contributed by atoms with van der Waals surface area (Å²) in [6.45, 7) is 7.17. The molecule has 0 aliphatic rings. The fraction of sp³-hybridized carbons (Fsp3) is 0.444. The molecule has 0 atom stereocenters. The lowest BCUT2D eigenvalue weighted by Crippen LogP contribution is -2.37. The zero-order valence-electron chi connectivity index (χ0n) is 14.4. The van der Waals surface area contributed by atoms with Crippen molar-refractivity contribution in [2.45, 2.75) is 39.8 Å². The van der Waals surface area contributed by atoms with E-state index in [4.69, 9.17) is 0 Å². The van der Waals surface area contributed by atoms with E-state index in [0.717, 1.165) is 44.1 Å². The maximum atomic E-state index is 11.8. The van der Waals surface area contributed by atoms with Gasteiger partial charge in [-0.15, -0.1) is 0 Å². The van der Waals surface area contributed by atoms with Crippen molar-refractivity contribution >= 4 is 17.3 Å². The van der Waals surface area contributed by atoms with E-state index in [1.807, 2.05) is 23.6 Å². The summed E-state index contributed by atoms with van der Waals surface area (Å²) in [5.41, 5.74) is 2.32. The molecule has 0 radical (unpaired) electrons. The Kier molecular flexibility index (Phi) is 7.55. The summed E-state index contributed by atoms with van der Waals surface area (Å²) in [4.78, 5) is 16.4. The molecule has 2 N–H and O–H groups in total. The van der Waals surface area contributed by atoms with Gasteiger partial charge in [-0.3, -0.25) is 4.79 Å². The van der Waals surface area contributed by atoms with Crippen LogP contribution in [0.1, 0.15) is 31.0 Å². The highest BCUT2D eigenvalue weighted by Crippen LogP contribution is 2.06. The number of guanidine groups is 1. The monoisotopic (exact) mass is 346 g/mol. The van der Waals surface area contributed by atoms with E-state index in [2.05, 4.69) is 39.4 Å². The van der Waals surface area contributed by atoms with Crippen molar-refractivity contribution in [2.75, 3.05) is 13.1 Å². The number of aryl methyl sites for hydroxylation is 1. The van der Waals surface area contributed by atoms with E-state index in [1.54, 1.807) is 17.4 Å². The molecule has 24 heavy (non-hydrogen) atoms. The molecule has 5 nitrogen and oxygen atoms in total. The fourth-order valence-electron chi connectivity index (χ4n) is 2.41. The third kappa shape index (κ3) is 5.85. The van der Waals surface area contributed by atoms with Crippen molar-refractivity contribution < 1.29 is 0 Å². The first kappa shape index (κ1) is 18.3. The summed E-state index contributed by atoms with van der Waals surface area (Å²) in [5, 5.41) is 10.8. The summed E-state index contributed by atoms with van der Waals surface area (Å²) in [6, 6.07) is 7.49. The van der Waals surface area contributed by atoms with Gasteiger partial charge >= 0.3 is 0 Å². The van der Waals surface area contributed by atoms with Crippen molar-refractivity contribution in [2.24, 2.45) is 4.99 Å². The first-order valence-electron chi connectivity index (χ1n) is 8.40. The van der Waals surface area contributed by atoms with Crippen molar-refractivity contribution in [1.29, 1.82) is 0 Å². The van der Waals surface area contributed by atoms with Crippen LogP contribution in [-0.2, 0) is 13.1 Å². The minimum absolute atomic E-state index is 0.0774. The van der Waals surface area contributed by atoms with E-state index < -0.39 is 0 Å². The highest BCUT2D eigenvalue weighted by atomic mass is 32.1. The molecule has 0 saturated heterocycles. The molecule has 0 aliphatic heterocycles. The number of unbranched alkanes of at least 4 members (excludes halogenated alkanes) is 1. The second-order valence-corrected chi connectivity index (χ2v) is 6.40. The average Bonchev–Trinajstić information content (AvgIpc) is 3.08. The van der Waals surface area contributed by atoms with Crippen LogP contribution in [0.2, 0.25) is 0 Å². The molecule has 0 amide bonds. The summed E-state index contributed by atoms with van der Waals surface area (Å²) >= 11 is 1.69. The molecule has 2 aromatic rings. The second-order valence-electron chi connectivity index (χ2n) is 5.62. The number of aliphatic imine (C=N–C) groups is 1. The zero-order chi connectivity index (χ0) is 17.2. The second kappa shape index (κ2) is 9.93. The van der Waals surface area contributed by atoms with Gasteiger partial charge in [0.15, 0.2) is 5.96 Å². The van der Waals surface area contributed by atoms with Gasteiger partial charge in [-0.1, -0.05) is 6.07 Å². The SMILES string of the molecule is CCNC(=NCc1ccsc1)NCCCCn1c(C)cccc1=O. The molecule has 6 heteroatoms. The van der Waals surface area contributed by atoms with Gasteiger partial charge in [0.05, 0.1) is 6.54 Å². The normalized spacial score (nSPS) is 11.5. The molecule has 0 fully saturated rings. The average molecular weight is 347 g/mol. The molecule has 0 spiro atoms. The van der Waals surface area contributed by atoms with Crippen LogP contribution in [0, 0.1) is 6.92 Å². The predicted molar refractivity (Wildman–Crippen MR) is 102 cm³/mol. The zero-order valence-corrected chi connectivity index (χ0v) is 15.2. The van der Waals surface area contributed by atoms with Crippen LogP contribution in [0.3, 0.4) is 0 Å². The van der Waals surface area contributed by atoms with Gasteiger partial charge in [0.2, 0.25) is 0 Å². The maximum absolute atomic E-state index is 11.8. The summed E-state index contributed by atoms with van der Waals surface area (Å²) in [6.07, 6.45) is 1.95. The predicted octanol–water partition coefficient (Wildman–Crippen LogP) is 2.75. The maximum Gasteiger partial charge on any atom is 0.250 e. The molecule has 0 unspecified atom stereocenters. The van der Waals surface area contributed by atoms with Crippen LogP contribution in [0.5, 0.6) is 0 Å². The van der Waals surface area contributed by atoms with Crippen molar-refractivity contribution in [3.8, 4) is 0 Å². The Morgan fingerprint density at radius 1 is 1.25 bits per heavy atom. The Bertz CT molecular complexity index is 691.